The fourth-order valence-electron chi connectivity index (χ4n) is 3.87. The van der Waals surface area contributed by atoms with Crippen molar-refractivity contribution in [3.05, 3.63) is 70.3 Å². The molecule has 0 bridgehead atoms. The summed E-state index contributed by atoms with van der Waals surface area (Å²) in [5.74, 6) is -9.84. The molecule has 1 saturated heterocycles. The first kappa shape index (κ1) is 22.4. The molecule has 0 aliphatic carbocycles. The van der Waals surface area contributed by atoms with E-state index in [9.17, 15) is 36.7 Å². The van der Waals surface area contributed by atoms with Gasteiger partial charge in [0, 0.05) is 36.7 Å². The lowest BCUT2D eigenvalue weighted by Crippen LogP contribution is -2.52. The van der Waals surface area contributed by atoms with Crippen molar-refractivity contribution >= 4 is 23.6 Å². The third kappa shape index (κ3) is 4.30. The molecule has 2 N–H and O–H groups in total. The Morgan fingerprint density at radius 3 is 2.45 bits per heavy atom. The number of carbonyl (C=O) groups excluding carboxylic acids is 4. The fraction of sp³-hybridized carbons (Fsp3) is 0.273. The summed E-state index contributed by atoms with van der Waals surface area (Å²) >= 11 is 0. The number of benzene rings is 2. The summed E-state index contributed by atoms with van der Waals surface area (Å²) in [5, 5.41) is 4.20. The maximum atomic E-state index is 14.3. The maximum absolute atomic E-state index is 14.3. The summed E-state index contributed by atoms with van der Waals surface area (Å²) in [6.07, 6.45) is 0.306. The van der Waals surface area contributed by atoms with Crippen LogP contribution in [0.1, 0.15) is 39.9 Å². The molecule has 1 fully saturated rings. The predicted octanol–water partition coefficient (Wildman–Crippen LogP) is 2.13. The van der Waals surface area contributed by atoms with Crippen LogP contribution in [0.4, 0.5) is 17.6 Å². The van der Waals surface area contributed by atoms with Crippen LogP contribution in [0.3, 0.4) is 0 Å². The van der Waals surface area contributed by atoms with Crippen LogP contribution in [0, 0.1) is 11.6 Å². The van der Waals surface area contributed by atoms with Crippen molar-refractivity contribution in [2.24, 2.45) is 0 Å². The zero-order chi connectivity index (χ0) is 23.9. The highest BCUT2D eigenvalue weighted by Gasteiger charge is 2.42. The molecule has 2 aromatic rings. The number of hydrogen-bond donors (Lipinski definition) is 2. The van der Waals surface area contributed by atoms with E-state index in [1.54, 1.807) is 6.07 Å². The van der Waals surface area contributed by atoms with E-state index in [0.29, 0.717) is 29.3 Å². The highest BCUT2D eigenvalue weighted by Crippen LogP contribution is 2.30. The molecule has 172 valence electrons. The van der Waals surface area contributed by atoms with Crippen molar-refractivity contribution < 1.29 is 36.7 Å². The quantitative estimate of drug-likeness (QED) is 0.525. The molecule has 1 unspecified atom stereocenters. The number of rotatable bonds is 5. The predicted molar refractivity (Wildman–Crippen MR) is 105 cm³/mol. The van der Waals surface area contributed by atoms with Crippen LogP contribution in [-0.4, -0.2) is 34.6 Å². The molecule has 4 rings (SSSR count). The number of carbonyl (C=O) groups is 4. The van der Waals surface area contributed by atoms with E-state index in [-0.39, 0.29) is 31.5 Å². The Labute approximate surface area is 184 Å². The Kier molecular flexibility index (Phi) is 5.64. The summed E-state index contributed by atoms with van der Waals surface area (Å²) in [4.78, 5) is 49.6. The van der Waals surface area contributed by atoms with Gasteiger partial charge in [0.05, 0.1) is 0 Å². The molecule has 2 aliphatic heterocycles. The van der Waals surface area contributed by atoms with Crippen LogP contribution in [0.2, 0.25) is 0 Å². The van der Waals surface area contributed by atoms with Gasteiger partial charge in [-0.1, -0.05) is 12.1 Å². The molecule has 2 heterocycles. The van der Waals surface area contributed by atoms with Gasteiger partial charge in [-0.2, -0.15) is 8.78 Å². The van der Waals surface area contributed by atoms with Crippen molar-refractivity contribution in [2.45, 2.75) is 37.9 Å². The summed E-state index contributed by atoms with van der Waals surface area (Å²) < 4.78 is 55.2. The first-order valence-corrected chi connectivity index (χ1v) is 9.95. The van der Waals surface area contributed by atoms with Crippen LogP contribution in [0.25, 0.3) is 0 Å². The van der Waals surface area contributed by atoms with Gasteiger partial charge in [-0.15, -0.1) is 0 Å². The van der Waals surface area contributed by atoms with Gasteiger partial charge in [-0.05, 0) is 35.7 Å². The largest absolute Gasteiger partial charge is 0.349 e. The van der Waals surface area contributed by atoms with E-state index in [0.717, 1.165) is 0 Å². The Morgan fingerprint density at radius 2 is 1.79 bits per heavy atom. The van der Waals surface area contributed by atoms with Gasteiger partial charge in [-0.25, -0.2) is 8.78 Å². The van der Waals surface area contributed by atoms with E-state index >= 15 is 0 Å². The van der Waals surface area contributed by atoms with Gasteiger partial charge >= 0.3 is 5.92 Å². The summed E-state index contributed by atoms with van der Waals surface area (Å²) in [6, 6.07) is 4.90. The average molecular weight is 463 g/mol. The number of fused-ring (bicyclic) bond motifs is 1. The number of piperidine rings is 1. The number of amides is 4. The smallest absolute Gasteiger partial charge is 0.346 e. The maximum Gasteiger partial charge on any atom is 0.349 e. The number of hydrogen-bond acceptors (Lipinski definition) is 4. The van der Waals surface area contributed by atoms with E-state index in [1.807, 2.05) is 5.32 Å². The van der Waals surface area contributed by atoms with Crippen LogP contribution in [0.5, 0.6) is 0 Å². The van der Waals surface area contributed by atoms with Crippen molar-refractivity contribution in [1.82, 2.24) is 15.5 Å². The normalized spacial score (nSPS) is 18.2. The van der Waals surface area contributed by atoms with Gasteiger partial charge < -0.3 is 10.2 Å². The number of imide groups is 1. The van der Waals surface area contributed by atoms with E-state index in [2.05, 4.69) is 5.32 Å². The van der Waals surface area contributed by atoms with Crippen molar-refractivity contribution in [3.63, 3.8) is 0 Å². The van der Waals surface area contributed by atoms with E-state index in [4.69, 9.17) is 0 Å². The third-order valence-corrected chi connectivity index (χ3v) is 5.56. The molecule has 4 amide bonds. The molecular weight excluding hydrogens is 446 g/mol. The van der Waals surface area contributed by atoms with Crippen molar-refractivity contribution in [3.8, 4) is 0 Å². The van der Waals surface area contributed by atoms with Crippen LogP contribution < -0.4 is 10.6 Å². The number of nitrogens with zero attached hydrogens (tertiary/aromatic N) is 1. The first-order valence-electron chi connectivity index (χ1n) is 9.95. The zero-order valence-corrected chi connectivity index (χ0v) is 17.0. The van der Waals surface area contributed by atoms with Gasteiger partial charge in [0.15, 0.2) is 0 Å². The van der Waals surface area contributed by atoms with Crippen LogP contribution >= 0.6 is 0 Å². The van der Waals surface area contributed by atoms with Crippen molar-refractivity contribution in [1.29, 1.82) is 0 Å². The second-order valence-electron chi connectivity index (χ2n) is 7.81. The van der Waals surface area contributed by atoms with Crippen LogP contribution in [-0.2, 0) is 33.4 Å². The zero-order valence-electron chi connectivity index (χ0n) is 17.0. The highest BCUT2D eigenvalue weighted by atomic mass is 19.3. The second-order valence-corrected chi connectivity index (χ2v) is 7.81. The molecule has 0 aromatic heterocycles. The molecule has 11 heteroatoms. The minimum atomic E-state index is -4.18. The molecule has 2 aliphatic rings. The molecule has 0 spiro atoms. The Balaban J connectivity index is 1.45. The minimum Gasteiger partial charge on any atom is -0.346 e. The van der Waals surface area contributed by atoms with E-state index < -0.39 is 52.8 Å². The highest BCUT2D eigenvalue weighted by molar-refractivity contribution is 6.05. The molecule has 1 atom stereocenters. The van der Waals surface area contributed by atoms with Gasteiger partial charge in [0.2, 0.25) is 11.8 Å². The standard InChI is InChI=1S/C22H17F4N3O4/c23-14-6-13(7-15(24)8-14)22(25,26)21(33)27-9-11-1-2-12-10-29(20(32)16(12)5-11)17-3-4-18(30)28-19(17)31/h1-2,5-8,17H,3-4,9-10H2,(H,27,33)(H,28,30,31). The average Bonchev–Trinajstić information content (AvgIpc) is 3.07. The molecule has 0 radical (unpaired) electrons. The number of nitrogens with one attached hydrogen (secondary N) is 2. The lowest BCUT2D eigenvalue weighted by molar-refractivity contribution is -0.147. The molecule has 33 heavy (non-hydrogen) atoms. The summed E-state index contributed by atoms with van der Waals surface area (Å²) in [7, 11) is 0. The Hall–Kier alpha value is -3.76. The SMILES string of the molecule is O=C1CCC(N2Cc3ccc(CNC(=O)C(F)(F)c4cc(F)cc(F)c4)cc3C2=O)C(=O)N1. The first-order chi connectivity index (χ1) is 15.6. The van der Waals surface area contributed by atoms with Crippen LogP contribution in [0.15, 0.2) is 36.4 Å². The van der Waals surface area contributed by atoms with Crippen molar-refractivity contribution in [2.75, 3.05) is 0 Å². The number of halogens is 4. The number of alkyl halides is 2. The second kappa shape index (κ2) is 8.30. The van der Waals surface area contributed by atoms with Gasteiger partial charge in [0.1, 0.15) is 17.7 Å². The van der Waals surface area contributed by atoms with E-state index in [1.165, 1.54) is 17.0 Å². The lowest BCUT2D eigenvalue weighted by atomic mass is 10.0. The Morgan fingerprint density at radius 1 is 1.09 bits per heavy atom. The van der Waals surface area contributed by atoms with Gasteiger partial charge in [0.25, 0.3) is 11.8 Å². The third-order valence-electron chi connectivity index (χ3n) is 5.56. The monoisotopic (exact) mass is 463 g/mol. The molecular formula is C22H17F4N3O4. The topological polar surface area (TPSA) is 95.6 Å². The fourth-order valence-corrected chi connectivity index (χ4v) is 3.87. The summed E-state index contributed by atoms with van der Waals surface area (Å²) in [6.45, 7) is -0.221. The lowest BCUT2D eigenvalue weighted by Gasteiger charge is -2.29. The molecule has 7 nitrogen and oxygen atoms in total. The van der Waals surface area contributed by atoms with Gasteiger partial charge in [-0.3, -0.25) is 24.5 Å². The molecule has 2 aromatic carbocycles. The Bertz CT molecular complexity index is 1160. The summed E-state index contributed by atoms with van der Waals surface area (Å²) in [5.41, 5.74) is 0.0778. The minimum absolute atomic E-state index is 0.108. The molecule has 0 saturated carbocycles.